The van der Waals surface area contributed by atoms with Crippen LogP contribution in [0.15, 0.2) is 60.9 Å². The Hall–Kier alpha value is -2.07. The standard InChI is InChI=1S/C14H14N2OS/c1-2-6-11(17)7-5-10-15-14-16-12-8-3-4-9-13(12)18-14/h2-9,17H,1,10H2,(H,15,16)/b7-5-,11-6+. The molecule has 18 heavy (non-hydrogen) atoms. The average molecular weight is 258 g/mol. The molecule has 3 nitrogen and oxygen atoms in total. The number of nitrogens with one attached hydrogen (secondary N) is 1. The van der Waals surface area contributed by atoms with Crippen LogP contribution in [0.25, 0.3) is 10.2 Å². The Morgan fingerprint density at radius 2 is 2.28 bits per heavy atom. The quantitative estimate of drug-likeness (QED) is 0.631. The molecule has 1 aromatic carbocycles. The van der Waals surface area contributed by atoms with Crippen molar-refractivity contribution >= 4 is 26.7 Å². The Bertz CT molecular complexity index is 566. The number of fused-ring (bicyclic) bond motifs is 1. The number of allylic oxidation sites excluding steroid dienone is 3. The second-order valence-electron chi connectivity index (χ2n) is 3.60. The molecule has 1 aromatic heterocycles. The second-order valence-corrected chi connectivity index (χ2v) is 4.63. The highest BCUT2D eigenvalue weighted by molar-refractivity contribution is 7.22. The van der Waals surface area contributed by atoms with Crippen molar-refractivity contribution in [3.63, 3.8) is 0 Å². The van der Waals surface area contributed by atoms with E-state index in [0.29, 0.717) is 6.54 Å². The monoisotopic (exact) mass is 258 g/mol. The summed E-state index contributed by atoms with van der Waals surface area (Å²) in [6.07, 6.45) is 6.54. The summed E-state index contributed by atoms with van der Waals surface area (Å²) in [5.74, 6) is 0.191. The average Bonchev–Trinajstić information content (AvgIpc) is 2.77. The summed E-state index contributed by atoms with van der Waals surface area (Å²) in [5.41, 5.74) is 1.00. The molecule has 0 unspecified atom stereocenters. The summed E-state index contributed by atoms with van der Waals surface area (Å²) in [6.45, 7) is 4.13. The molecule has 0 fully saturated rings. The molecule has 0 bridgehead atoms. The zero-order chi connectivity index (χ0) is 12.8. The van der Waals surface area contributed by atoms with Gasteiger partial charge in [0.2, 0.25) is 0 Å². The van der Waals surface area contributed by atoms with E-state index in [-0.39, 0.29) is 5.76 Å². The summed E-state index contributed by atoms with van der Waals surface area (Å²) in [6, 6.07) is 8.02. The van der Waals surface area contributed by atoms with E-state index in [1.165, 1.54) is 10.8 Å². The van der Waals surface area contributed by atoms with E-state index in [9.17, 15) is 5.11 Å². The molecule has 0 aliphatic rings. The summed E-state index contributed by atoms with van der Waals surface area (Å²) in [5, 5.41) is 13.4. The summed E-state index contributed by atoms with van der Waals surface area (Å²) < 4.78 is 1.17. The highest BCUT2D eigenvalue weighted by Gasteiger charge is 2.00. The van der Waals surface area contributed by atoms with E-state index in [1.54, 1.807) is 23.5 Å². The summed E-state index contributed by atoms with van der Waals surface area (Å²) in [4.78, 5) is 4.45. The lowest BCUT2D eigenvalue weighted by Gasteiger charge is -1.95. The fourth-order valence-electron chi connectivity index (χ4n) is 1.45. The van der Waals surface area contributed by atoms with Crippen molar-refractivity contribution < 1.29 is 5.11 Å². The molecular weight excluding hydrogens is 244 g/mol. The van der Waals surface area contributed by atoms with E-state index in [0.717, 1.165) is 10.6 Å². The minimum atomic E-state index is 0.191. The minimum absolute atomic E-state index is 0.191. The predicted molar refractivity (Wildman–Crippen MR) is 78.2 cm³/mol. The molecule has 1 heterocycles. The van der Waals surface area contributed by atoms with Crippen LogP contribution in [0.2, 0.25) is 0 Å². The number of benzene rings is 1. The van der Waals surface area contributed by atoms with Crippen LogP contribution in [0.4, 0.5) is 5.13 Å². The molecular formula is C14H14N2OS. The lowest BCUT2D eigenvalue weighted by Crippen LogP contribution is -1.97. The molecule has 0 saturated carbocycles. The maximum Gasteiger partial charge on any atom is 0.184 e. The molecule has 0 saturated heterocycles. The number of anilines is 1. The first-order valence-electron chi connectivity index (χ1n) is 5.57. The smallest absolute Gasteiger partial charge is 0.184 e. The van der Waals surface area contributed by atoms with Gasteiger partial charge in [-0.15, -0.1) is 0 Å². The number of para-hydroxylation sites is 1. The third-order valence-electron chi connectivity index (χ3n) is 2.24. The number of aliphatic hydroxyl groups is 1. The molecule has 0 radical (unpaired) electrons. The molecule has 2 N–H and O–H groups in total. The summed E-state index contributed by atoms with van der Waals surface area (Å²) in [7, 11) is 0. The van der Waals surface area contributed by atoms with Crippen LogP contribution in [-0.2, 0) is 0 Å². The van der Waals surface area contributed by atoms with Gasteiger partial charge in [-0.25, -0.2) is 4.98 Å². The number of thiazole rings is 1. The number of rotatable bonds is 5. The fraction of sp³-hybridized carbons (Fsp3) is 0.0714. The maximum atomic E-state index is 9.32. The number of hydrogen-bond donors (Lipinski definition) is 2. The van der Waals surface area contributed by atoms with Crippen molar-refractivity contribution in [2.45, 2.75) is 0 Å². The molecule has 2 aromatic rings. The van der Waals surface area contributed by atoms with Gasteiger partial charge in [-0.1, -0.05) is 42.2 Å². The Morgan fingerprint density at radius 1 is 1.44 bits per heavy atom. The van der Waals surface area contributed by atoms with Gasteiger partial charge >= 0.3 is 0 Å². The van der Waals surface area contributed by atoms with E-state index in [4.69, 9.17) is 0 Å². The second kappa shape index (κ2) is 6.02. The number of nitrogens with zero attached hydrogens (tertiary/aromatic N) is 1. The molecule has 0 aliphatic carbocycles. The number of aliphatic hydroxyl groups excluding tert-OH is 1. The molecule has 0 amide bonds. The van der Waals surface area contributed by atoms with Crippen molar-refractivity contribution in [3.8, 4) is 0 Å². The molecule has 92 valence electrons. The third kappa shape index (κ3) is 3.21. The normalized spacial score (nSPS) is 12.1. The van der Waals surface area contributed by atoms with Gasteiger partial charge in [-0.05, 0) is 24.3 Å². The van der Waals surface area contributed by atoms with Crippen molar-refractivity contribution in [2.75, 3.05) is 11.9 Å². The lowest BCUT2D eigenvalue weighted by molar-refractivity contribution is 0.432. The van der Waals surface area contributed by atoms with Gasteiger partial charge < -0.3 is 10.4 Å². The first-order chi connectivity index (χ1) is 8.79. The van der Waals surface area contributed by atoms with Crippen LogP contribution < -0.4 is 5.32 Å². The molecule has 2 rings (SSSR count). The van der Waals surface area contributed by atoms with Crippen LogP contribution in [0.1, 0.15) is 0 Å². The van der Waals surface area contributed by atoms with Gasteiger partial charge in [0.25, 0.3) is 0 Å². The van der Waals surface area contributed by atoms with Gasteiger partial charge in [0.1, 0.15) is 5.76 Å². The first kappa shape index (κ1) is 12.4. The Balaban J connectivity index is 1.94. The van der Waals surface area contributed by atoms with Crippen LogP contribution in [0, 0.1) is 0 Å². The number of hydrogen-bond acceptors (Lipinski definition) is 4. The van der Waals surface area contributed by atoms with Crippen molar-refractivity contribution in [3.05, 3.63) is 60.9 Å². The maximum absolute atomic E-state index is 9.32. The predicted octanol–water partition coefficient (Wildman–Crippen LogP) is 3.89. The van der Waals surface area contributed by atoms with E-state index in [1.807, 2.05) is 30.3 Å². The topological polar surface area (TPSA) is 45.1 Å². The van der Waals surface area contributed by atoms with Crippen molar-refractivity contribution in [1.82, 2.24) is 4.98 Å². The molecule has 0 atom stereocenters. The van der Waals surface area contributed by atoms with Gasteiger partial charge in [0.15, 0.2) is 5.13 Å². The highest BCUT2D eigenvalue weighted by atomic mass is 32.1. The van der Waals surface area contributed by atoms with Crippen molar-refractivity contribution in [2.24, 2.45) is 0 Å². The van der Waals surface area contributed by atoms with Crippen LogP contribution in [0.5, 0.6) is 0 Å². The van der Waals surface area contributed by atoms with E-state index >= 15 is 0 Å². The van der Waals surface area contributed by atoms with Gasteiger partial charge in [-0.3, -0.25) is 0 Å². The largest absolute Gasteiger partial charge is 0.508 e. The molecule has 4 heteroatoms. The third-order valence-corrected chi connectivity index (χ3v) is 3.24. The van der Waals surface area contributed by atoms with Gasteiger partial charge in [0.05, 0.1) is 10.2 Å². The zero-order valence-electron chi connectivity index (χ0n) is 9.84. The van der Waals surface area contributed by atoms with Gasteiger partial charge in [0, 0.05) is 6.54 Å². The summed E-state index contributed by atoms with van der Waals surface area (Å²) >= 11 is 1.62. The Labute approximate surface area is 110 Å². The fourth-order valence-corrected chi connectivity index (χ4v) is 2.32. The van der Waals surface area contributed by atoms with Crippen molar-refractivity contribution in [1.29, 1.82) is 0 Å². The van der Waals surface area contributed by atoms with E-state index < -0.39 is 0 Å². The van der Waals surface area contributed by atoms with Gasteiger partial charge in [-0.2, -0.15) is 0 Å². The minimum Gasteiger partial charge on any atom is -0.508 e. The van der Waals surface area contributed by atoms with Crippen LogP contribution >= 0.6 is 11.3 Å². The zero-order valence-corrected chi connectivity index (χ0v) is 10.7. The molecule has 0 spiro atoms. The van der Waals surface area contributed by atoms with Crippen LogP contribution in [-0.4, -0.2) is 16.6 Å². The number of aromatic nitrogens is 1. The van der Waals surface area contributed by atoms with Crippen LogP contribution in [0.3, 0.4) is 0 Å². The Kier molecular flexibility index (Phi) is 4.15. The first-order valence-corrected chi connectivity index (χ1v) is 6.39. The van der Waals surface area contributed by atoms with E-state index in [2.05, 4.69) is 16.9 Å². The lowest BCUT2D eigenvalue weighted by atomic mass is 10.3. The Morgan fingerprint density at radius 3 is 3.06 bits per heavy atom. The SMILES string of the molecule is C=C/C=C(O)\C=C/CNc1nc2ccccc2s1. The molecule has 0 aliphatic heterocycles. The highest BCUT2D eigenvalue weighted by Crippen LogP contribution is 2.24.